The van der Waals surface area contributed by atoms with E-state index >= 15 is 0 Å². The molecular weight excluding hydrogens is 352 g/mol. The van der Waals surface area contributed by atoms with Crippen LogP contribution in [0.2, 0.25) is 0 Å². The van der Waals surface area contributed by atoms with E-state index in [1.165, 1.54) is 0 Å². The zero-order chi connectivity index (χ0) is 15.5. The molecule has 0 radical (unpaired) electrons. The zero-order valence-corrected chi connectivity index (χ0v) is 14.7. The molecule has 0 saturated carbocycles. The van der Waals surface area contributed by atoms with Crippen molar-refractivity contribution < 1.29 is 8.76 Å². The van der Waals surface area contributed by atoms with Crippen LogP contribution in [0, 0.1) is 3.82 Å². The quantitative estimate of drug-likeness (QED) is 0.372. The molecule has 2 nitrogen and oxygen atoms in total. The van der Waals surface area contributed by atoms with Crippen molar-refractivity contribution in [3.63, 3.8) is 0 Å². The Labute approximate surface area is 143 Å². The van der Waals surface area contributed by atoms with Gasteiger partial charge in [0.05, 0.1) is 10.6 Å². The standard InChI is InChI=1S/C16H12O2S4/c17-22(18)10-11-6-8-13(9-7-11)15-14(16(19)21-20-15)12-4-2-1-3-5-12/h1-9H,10H2,(H,17,18). The third kappa shape index (κ3) is 3.42. The molecule has 0 amide bonds. The second-order valence-corrected chi connectivity index (χ2v) is 8.44. The summed E-state index contributed by atoms with van der Waals surface area (Å²) >= 11 is 3.68. The third-order valence-corrected chi connectivity index (χ3v) is 6.85. The van der Waals surface area contributed by atoms with Crippen molar-refractivity contribution in [1.29, 1.82) is 0 Å². The Bertz CT molecular complexity index is 848. The highest BCUT2D eigenvalue weighted by molar-refractivity contribution is 7.80. The van der Waals surface area contributed by atoms with Crippen molar-refractivity contribution in [3.8, 4) is 21.6 Å². The largest absolute Gasteiger partial charge is 0.306 e. The maximum Gasteiger partial charge on any atom is 0.157 e. The van der Waals surface area contributed by atoms with Crippen molar-refractivity contribution in [2.24, 2.45) is 0 Å². The lowest BCUT2D eigenvalue weighted by Crippen LogP contribution is -1.92. The highest BCUT2D eigenvalue weighted by Gasteiger charge is 2.12. The smallest absolute Gasteiger partial charge is 0.157 e. The van der Waals surface area contributed by atoms with Crippen LogP contribution in [-0.4, -0.2) is 8.76 Å². The summed E-state index contributed by atoms with van der Waals surface area (Å²) in [4.78, 5) is 1.15. The van der Waals surface area contributed by atoms with Gasteiger partial charge in [-0.05, 0) is 16.7 Å². The Morgan fingerprint density at radius 3 is 2.27 bits per heavy atom. The van der Waals surface area contributed by atoms with E-state index in [-0.39, 0.29) is 5.75 Å². The van der Waals surface area contributed by atoms with Crippen molar-refractivity contribution >= 4 is 44.0 Å². The van der Waals surface area contributed by atoms with Gasteiger partial charge in [0, 0.05) is 5.56 Å². The van der Waals surface area contributed by atoms with Gasteiger partial charge in [-0.1, -0.05) is 87.5 Å². The number of hydrogen-bond donors (Lipinski definition) is 1. The molecule has 3 rings (SSSR count). The maximum atomic E-state index is 10.9. The fraction of sp³-hybridized carbons (Fsp3) is 0.0625. The lowest BCUT2D eigenvalue weighted by Gasteiger charge is -2.05. The molecule has 0 spiro atoms. The van der Waals surface area contributed by atoms with E-state index in [2.05, 4.69) is 12.1 Å². The molecule has 1 unspecified atom stereocenters. The van der Waals surface area contributed by atoms with E-state index in [0.717, 1.165) is 31.0 Å². The summed E-state index contributed by atoms with van der Waals surface area (Å²) in [6, 6.07) is 17.9. The van der Waals surface area contributed by atoms with Gasteiger partial charge in [0.1, 0.15) is 3.82 Å². The van der Waals surface area contributed by atoms with Crippen LogP contribution in [0.1, 0.15) is 5.56 Å². The highest BCUT2D eigenvalue weighted by Crippen LogP contribution is 2.41. The van der Waals surface area contributed by atoms with Crippen molar-refractivity contribution in [2.45, 2.75) is 5.75 Å². The number of rotatable bonds is 4. The van der Waals surface area contributed by atoms with E-state index in [4.69, 9.17) is 16.8 Å². The molecule has 0 aliphatic rings. The molecule has 2 aromatic carbocycles. The Morgan fingerprint density at radius 2 is 1.64 bits per heavy atom. The fourth-order valence-corrected chi connectivity index (χ4v) is 5.59. The minimum absolute atomic E-state index is 0.158. The van der Waals surface area contributed by atoms with Gasteiger partial charge in [-0.25, -0.2) is 4.21 Å². The SMILES string of the molecule is O=S(O)Cc1ccc(-c2ssc(=S)c2-c2ccccc2)cc1. The Hall–Kier alpha value is -1.18. The van der Waals surface area contributed by atoms with Crippen LogP contribution in [0.5, 0.6) is 0 Å². The summed E-state index contributed by atoms with van der Waals surface area (Å²) in [5, 5.41) is 0. The van der Waals surface area contributed by atoms with E-state index in [0.29, 0.717) is 0 Å². The Morgan fingerprint density at radius 1 is 0.955 bits per heavy atom. The van der Waals surface area contributed by atoms with Crippen LogP contribution in [0.15, 0.2) is 54.6 Å². The third-order valence-electron chi connectivity index (χ3n) is 3.20. The first kappa shape index (κ1) is 15.7. The van der Waals surface area contributed by atoms with Crippen LogP contribution in [-0.2, 0) is 16.8 Å². The predicted octanol–water partition coefficient (Wildman–Crippen LogP) is 5.59. The molecule has 112 valence electrons. The van der Waals surface area contributed by atoms with E-state index in [9.17, 15) is 4.21 Å². The normalized spacial score (nSPS) is 12.2. The molecule has 0 bridgehead atoms. The van der Waals surface area contributed by atoms with Crippen LogP contribution in [0.25, 0.3) is 21.6 Å². The maximum absolute atomic E-state index is 10.9. The average molecular weight is 365 g/mol. The van der Waals surface area contributed by atoms with E-state index < -0.39 is 11.1 Å². The molecule has 1 atom stereocenters. The van der Waals surface area contributed by atoms with Gasteiger partial charge < -0.3 is 4.55 Å². The van der Waals surface area contributed by atoms with Gasteiger partial charge in [0.15, 0.2) is 11.1 Å². The minimum atomic E-state index is -1.81. The summed E-state index contributed by atoms with van der Waals surface area (Å²) in [5.41, 5.74) is 4.16. The molecule has 0 fully saturated rings. The van der Waals surface area contributed by atoms with Gasteiger partial charge in [0.2, 0.25) is 0 Å². The summed E-state index contributed by atoms with van der Waals surface area (Å²) in [7, 11) is 3.28. The van der Waals surface area contributed by atoms with Crippen LogP contribution in [0.4, 0.5) is 0 Å². The van der Waals surface area contributed by atoms with Gasteiger partial charge >= 0.3 is 0 Å². The second kappa shape index (κ2) is 6.93. The Balaban J connectivity index is 2.03. The molecule has 0 aliphatic carbocycles. The lowest BCUT2D eigenvalue weighted by molar-refractivity contribution is 0.563. The van der Waals surface area contributed by atoms with Crippen LogP contribution < -0.4 is 0 Å². The van der Waals surface area contributed by atoms with E-state index in [1.54, 1.807) is 20.7 Å². The van der Waals surface area contributed by atoms with Gasteiger partial charge in [-0.3, -0.25) is 0 Å². The minimum Gasteiger partial charge on any atom is -0.306 e. The van der Waals surface area contributed by atoms with Gasteiger partial charge in [-0.2, -0.15) is 0 Å². The fourth-order valence-electron chi connectivity index (χ4n) is 2.20. The monoisotopic (exact) mass is 364 g/mol. The molecule has 1 heterocycles. The summed E-state index contributed by atoms with van der Waals surface area (Å²) in [6.07, 6.45) is 0. The lowest BCUT2D eigenvalue weighted by atomic mass is 10.0. The average Bonchev–Trinajstić information content (AvgIpc) is 2.90. The van der Waals surface area contributed by atoms with E-state index in [1.807, 2.05) is 42.5 Å². The second-order valence-electron chi connectivity index (χ2n) is 4.69. The first-order valence-corrected chi connectivity index (χ1v) is 10.3. The molecule has 1 N–H and O–H groups in total. The van der Waals surface area contributed by atoms with Gasteiger partial charge in [0.25, 0.3) is 0 Å². The molecule has 1 aromatic heterocycles. The van der Waals surface area contributed by atoms with Crippen molar-refractivity contribution in [3.05, 3.63) is 64.0 Å². The highest BCUT2D eigenvalue weighted by atomic mass is 32.9. The topological polar surface area (TPSA) is 37.3 Å². The number of hydrogen-bond acceptors (Lipinski definition) is 4. The molecule has 0 saturated heterocycles. The number of benzene rings is 2. The van der Waals surface area contributed by atoms with Crippen LogP contribution >= 0.6 is 32.9 Å². The Kier molecular flexibility index (Phi) is 4.95. The molecule has 6 heteroatoms. The summed E-state index contributed by atoms with van der Waals surface area (Å²) < 4.78 is 20.7. The van der Waals surface area contributed by atoms with Crippen molar-refractivity contribution in [1.82, 2.24) is 0 Å². The van der Waals surface area contributed by atoms with Gasteiger partial charge in [-0.15, -0.1) is 0 Å². The van der Waals surface area contributed by atoms with Crippen LogP contribution in [0.3, 0.4) is 0 Å². The molecule has 3 aromatic rings. The predicted molar refractivity (Wildman–Crippen MR) is 98.4 cm³/mol. The summed E-state index contributed by atoms with van der Waals surface area (Å²) in [5.74, 6) is 0.158. The zero-order valence-electron chi connectivity index (χ0n) is 11.4. The molecule has 22 heavy (non-hydrogen) atoms. The first-order chi connectivity index (χ1) is 10.6. The molecule has 0 aliphatic heterocycles. The first-order valence-electron chi connectivity index (χ1n) is 6.50. The molecular formula is C16H12O2S4. The van der Waals surface area contributed by atoms with Crippen molar-refractivity contribution in [2.75, 3.05) is 0 Å². The summed E-state index contributed by atoms with van der Waals surface area (Å²) in [6.45, 7) is 0.